The van der Waals surface area contributed by atoms with Gasteiger partial charge in [0, 0.05) is 0 Å². The van der Waals surface area contributed by atoms with E-state index in [4.69, 9.17) is 0 Å². The number of aromatic carboxylic acids is 1. The van der Waals surface area contributed by atoms with Crippen molar-refractivity contribution in [3.63, 3.8) is 0 Å². The van der Waals surface area contributed by atoms with Gasteiger partial charge in [-0.25, -0.2) is 4.79 Å². The van der Waals surface area contributed by atoms with Crippen molar-refractivity contribution in [2.45, 2.75) is 32.6 Å². The van der Waals surface area contributed by atoms with E-state index in [0.717, 1.165) is 31.2 Å². The Morgan fingerprint density at radius 3 is 2.59 bits per heavy atom. The molecular weight excluding hydrogens is 272 g/mol. The van der Waals surface area contributed by atoms with E-state index in [0.29, 0.717) is 5.56 Å². The SMILES string of the molecule is CCC/C=C1\c2ccccc2CCc2cc(C(=O)O)ccc21. The fourth-order valence-corrected chi connectivity index (χ4v) is 3.12. The highest BCUT2D eigenvalue weighted by molar-refractivity contribution is 5.90. The standard InChI is InChI=1S/C20H20O2/c1-2-3-7-19-17-8-5-4-6-14(17)9-10-15-13-16(20(21)22)11-12-18(15)19/h4-8,11-13H,2-3,9-10H2,1H3,(H,21,22)/b19-7+. The molecule has 2 aromatic carbocycles. The lowest BCUT2D eigenvalue weighted by Crippen LogP contribution is -2.00. The molecule has 0 radical (unpaired) electrons. The number of hydrogen-bond donors (Lipinski definition) is 1. The number of carbonyl (C=O) groups is 1. The monoisotopic (exact) mass is 292 g/mol. The average molecular weight is 292 g/mol. The van der Waals surface area contributed by atoms with Gasteiger partial charge in [0.05, 0.1) is 5.56 Å². The van der Waals surface area contributed by atoms with Crippen LogP contribution in [0.25, 0.3) is 5.57 Å². The van der Waals surface area contributed by atoms with Crippen molar-refractivity contribution in [3.8, 4) is 0 Å². The fourth-order valence-electron chi connectivity index (χ4n) is 3.12. The van der Waals surface area contributed by atoms with E-state index < -0.39 is 5.97 Å². The van der Waals surface area contributed by atoms with Crippen molar-refractivity contribution in [1.29, 1.82) is 0 Å². The Labute approximate surface area is 131 Å². The normalized spacial score (nSPS) is 15.0. The second-order valence-corrected chi connectivity index (χ2v) is 5.74. The van der Waals surface area contributed by atoms with Crippen molar-refractivity contribution >= 4 is 11.5 Å². The molecule has 2 nitrogen and oxygen atoms in total. The molecular formula is C20H20O2. The minimum Gasteiger partial charge on any atom is -0.478 e. The first-order valence-corrected chi connectivity index (χ1v) is 7.85. The van der Waals surface area contributed by atoms with E-state index in [9.17, 15) is 9.90 Å². The maximum absolute atomic E-state index is 11.2. The van der Waals surface area contributed by atoms with E-state index in [-0.39, 0.29) is 0 Å². The van der Waals surface area contributed by atoms with Crippen LogP contribution in [-0.4, -0.2) is 11.1 Å². The molecule has 0 aromatic heterocycles. The molecule has 22 heavy (non-hydrogen) atoms. The van der Waals surface area contributed by atoms with E-state index in [1.165, 1.54) is 22.3 Å². The zero-order valence-corrected chi connectivity index (χ0v) is 12.8. The first kappa shape index (κ1) is 14.6. The minimum atomic E-state index is -0.858. The smallest absolute Gasteiger partial charge is 0.335 e. The molecule has 0 aliphatic heterocycles. The van der Waals surface area contributed by atoms with Gasteiger partial charge in [-0.3, -0.25) is 0 Å². The Kier molecular flexibility index (Phi) is 4.10. The summed E-state index contributed by atoms with van der Waals surface area (Å²) in [5.41, 5.74) is 6.58. The molecule has 0 saturated heterocycles. The lowest BCUT2D eigenvalue weighted by atomic mass is 9.92. The van der Waals surface area contributed by atoms with Crippen LogP contribution in [0.3, 0.4) is 0 Å². The number of hydrogen-bond acceptors (Lipinski definition) is 1. The average Bonchev–Trinajstić information content (AvgIpc) is 2.69. The number of aryl methyl sites for hydroxylation is 2. The molecule has 3 rings (SSSR count). The largest absolute Gasteiger partial charge is 0.478 e. The maximum Gasteiger partial charge on any atom is 0.335 e. The van der Waals surface area contributed by atoms with E-state index in [2.05, 4.69) is 37.3 Å². The second kappa shape index (κ2) is 6.18. The molecule has 0 saturated carbocycles. The first-order chi connectivity index (χ1) is 10.7. The summed E-state index contributed by atoms with van der Waals surface area (Å²) in [5, 5.41) is 9.22. The van der Waals surface area contributed by atoms with Crippen molar-refractivity contribution in [1.82, 2.24) is 0 Å². The van der Waals surface area contributed by atoms with Crippen LogP contribution in [0.2, 0.25) is 0 Å². The van der Waals surface area contributed by atoms with Gasteiger partial charge in [-0.1, -0.05) is 49.8 Å². The van der Waals surface area contributed by atoms with Crippen molar-refractivity contribution in [2.75, 3.05) is 0 Å². The summed E-state index contributed by atoms with van der Waals surface area (Å²) in [6.07, 6.45) is 6.27. The van der Waals surface area contributed by atoms with E-state index in [1.54, 1.807) is 6.07 Å². The molecule has 1 N–H and O–H groups in total. The highest BCUT2D eigenvalue weighted by atomic mass is 16.4. The lowest BCUT2D eigenvalue weighted by molar-refractivity contribution is 0.0697. The van der Waals surface area contributed by atoms with Gasteiger partial charge in [-0.15, -0.1) is 0 Å². The predicted octanol–water partition coefficient (Wildman–Crippen LogP) is 4.72. The molecule has 0 unspecified atom stereocenters. The molecule has 0 amide bonds. The quantitative estimate of drug-likeness (QED) is 0.889. The molecule has 2 aromatic rings. The fraction of sp³-hybridized carbons (Fsp3) is 0.250. The Bertz CT molecular complexity index is 741. The number of carboxylic acids is 1. The van der Waals surface area contributed by atoms with Crippen LogP contribution in [0.5, 0.6) is 0 Å². The molecule has 0 fully saturated rings. The Hall–Kier alpha value is -2.35. The zero-order valence-electron chi connectivity index (χ0n) is 12.8. The molecule has 2 heteroatoms. The summed E-state index contributed by atoms with van der Waals surface area (Å²) in [6.45, 7) is 2.17. The van der Waals surface area contributed by atoms with Crippen molar-refractivity contribution in [2.24, 2.45) is 0 Å². The number of carboxylic acid groups (broad SMARTS) is 1. The first-order valence-electron chi connectivity index (χ1n) is 7.85. The molecule has 112 valence electrons. The second-order valence-electron chi connectivity index (χ2n) is 5.74. The van der Waals surface area contributed by atoms with Gasteiger partial charge in [0.1, 0.15) is 0 Å². The van der Waals surface area contributed by atoms with Gasteiger partial charge in [0.15, 0.2) is 0 Å². The summed E-state index contributed by atoms with van der Waals surface area (Å²) in [6, 6.07) is 14.0. The van der Waals surface area contributed by atoms with Gasteiger partial charge >= 0.3 is 5.97 Å². The van der Waals surface area contributed by atoms with Gasteiger partial charge in [0.2, 0.25) is 0 Å². The van der Waals surface area contributed by atoms with Gasteiger partial charge in [-0.2, -0.15) is 0 Å². The van der Waals surface area contributed by atoms with Crippen LogP contribution < -0.4 is 0 Å². The number of rotatable bonds is 3. The predicted molar refractivity (Wildman–Crippen MR) is 89.2 cm³/mol. The van der Waals surface area contributed by atoms with Crippen molar-refractivity contribution in [3.05, 3.63) is 76.4 Å². The summed E-state index contributed by atoms with van der Waals surface area (Å²) < 4.78 is 0. The molecule has 1 aliphatic rings. The van der Waals surface area contributed by atoms with Crippen LogP contribution in [0.15, 0.2) is 48.5 Å². The van der Waals surface area contributed by atoms with Crippen LogP contribution in [0.4, 0.5) is 0 Å². The molecule has 0 heterocycles. The summed E-state index contributed by atoms with van der Waals surface area (Å²) in [5.74, 6) is -0.858. The summed E-state index contributed by atoms with van der Waals surface area (Å²) in [7, 11) is 0. The Balaban J connectivity index is 2.17. The Morgan fingerprint density at radius 2 is 1.82 bits per heavy atom. The topological polar surface area (TPSA) is 37.3 Å². The number of benzene rings is 2. The van der Waals surface area contributed by atoms with Crippen LogP contribution in [0.1, 0.15) is 52.4 Å². The third kappa shape index (κ3) is 2.69. The maximum atomic E-state index is 11.2. The van der Waals surface area contributed by atoms with Crippen LogP contribution >= 0.6 is 0 Å². The van der Waals surface area contributed by atoms with Crippen LogP contribution in [-0.2, 0) is 12.8 Å². The highest BCUT2D eigenvalue weighted by Crippen LogP contribution is 2.34. The molecule has 0 spiro atoms. The van der Waals surface area contributed by atoms with Gasteiger partial charge < -0.3 is 5.11 Å². The summed E-state index contributed by atoms with van der Waals surface area (Å²) >= 11 is 0. The number of fused-ring (bicyclic) bond motifs is 2. The number of allylic oxidation sites excluding steroid dienone is 1. The third-order valence-corrected chi connectivity index (χ3v) is 4.25. The highest BCUT2D eigenvalue weighted by Gasteiger charge is 2.18. The molecule has 0 bridgehead atoms. The van der Waals surface area contributed by atoms with Crippen LogP contribution in [0, 0.1) is 0 Å². The van der Waals surface area contributed by atoms with Crippen molar-refractivity contribution < 1.29 is 9.90 Å². The Morgan fingerprint density at radius 1 is 1.09 bits per heavy atom. The van der Waals surface area contributed by atoms with Gasteiger partial charge in [0.25, 0.3) is 0 Å². The van der Waals surface area contributed by atoms with E-state index >= 15 is 0 Å². The summed E-state index contributed by atoms with van der Waals surface area (Å²) in [4.78, 5) is 11.2. The minimum absolute atomic E-state index is 0.375. The third-order valence-electron chi connectivity index (χ3n) is 4.25. The van der Waals surface area contributed by atoms with Gasteiger partial charge in [-0.05, 0) is 59.2 Å². The lowest BCUT2D eigenvalue weighted by Gasteiger charge is -2.12. The molecule has 1 aliphatic carbocycles. The number of unbranched alkanes of at least 4 members (excludes halogenated alkanes) is 1. The zero-order chi connectivity index (χ0) is 15.5. The van der Waals surface area contributed by atoms with E-state index in [1.807, 2.05) is 12.1 Å². The molecule has 0 atom stereocenters.